The number of nitrogens with zero attached hydrogens (tertiary/aromatic N) is 2. The smallest absolute Gasteiger partial charge is 0.207 e. The molecule has 0 saturated carbocycles. The Morgan fingerprint density at radius 3 is 1.47 bits per heavy atom. The van der Waals surface area contributed by atoms with E-state index in [9.17, 15) is 0 Å². The molecule has 0 aliphatic heterocycles. The maximum absolute atomic E-state index is 5.34. The van der Waals surface area contributed by atoms with E-state index in [2.05, 4.69) is 71.3 Å². The summed E-state index contributed by atoms with van der Waals surface area (Å²) < 4.78 is 0. The molecule has 0 spiro atoms. The zero-order valence-electron chi connectivity index (χ0n) is 20.5. The molecule has 0 aromatic heterocycles. The minimum Gasteiger partial charge on any atom is -0.252 e. The average Bonchev–Trinajstić information content (AvgIpc) is 2.85. The Balaban J connectivity index is 1.93. The van der Waals surface area contributed by atoms with Gasteiger partial charge in [0.1, 0.15) is 0 Å². The molecule has 34 heavy (non-hydrogen) atoms. The van der Waals surface area contributed by atoms with E-state index in [-0.39, 0.29) is 0 Å². The highest BCUT2D eigenvalue weighted by Gasteiger charge is 1.98. The van der Waals surface area contributed by atoms with E-state index in [1.54, 1.807) is 0 Å². The van der Waals surface area contributed by atoms with Crippen LogP contribution in [0.3, 0.4) is 0 Å². The van der Waals surface area contributed by atoms with Crippen LogP contribution in [0.4, 0.5) is 0 Å². The van der Waals surface area contributed by atoms with Gasteiger partial charge in [-0.3, -0.25) is 10.9 Å². The van der Waals surface area contributed by atoms with Gasteiger partial charge in [0.05, 0.1) is 12.4 Å². The van der Waals surface area contributed by atoms with Gasteiger partial charge in [-0.1, -0.05) is 112 Å². The van der Waals surface area contributed by atoms with Crippen LogP contribution in [0.1, 0.15) is 76.3 Å². The number of hydrazone groups is 2. The van der Waals surface area contributed by atoms with Gasteiger partial charge in [0.2, 0.25) is 5.11 Å². The second kappa shape index (κ2) is 17.4. The van der Waals surface area contributed by atoms with Crippen molar-refractivity contribution in [3.63, 3.8) is 0 Å². The van der Waals surface area contributed by atoms with Crippen LogP contribution < -0.4 is 10.9 Å². The fraction of sp³-hybridized carbons (Fsp3) is 0.345. The summed E-state index contributed by atoms with van der Waals surface area (Å²) in [7, 11) is 0. The number of thiocarbonyl (C=S) groups is 1. The molecule has 0 saturated heterocycles. The van der Waals surface area contributed by atoms with Crippen molar-refractivity contribution in [3.05, 3.63) is 82.9 Å². The van der Waals surface area contributed by atoms with Gasteiger partial charge < -0.3 is 0 Å². The molecule has 0 radical (unpaired) electrons. The maximum atomic E-state index is 5.34. The van der Waals surface area contributed by atoms with Crippen molar-refractivity contribution in [1.82, 2.24) is 10.9 Å². The predicted molar refractivity (Wildman–Crippen MR) is 153 cm³/mol. The molecule has 180 valence electrons. The van der Waals surface area contributed by atoms with Crippen LogP contribution in [0.25, 0.3) is 12.2 Å². The SMILES string of the molecule is CCCCCC(/C=N/NC(=S)N/N=C/C(=C/c1ccccc1)CCCCC)=C\c1ccccc1. The van der Waals surface area contributed by atoms with E-state index in [1.165, 1.54) is 48.0 Å². The van der Waals surface area contributed by atoms with Gasteiger partial charge in [0.25, 0.3) is 0 Å². The zero-order valence-corrected chi connectivity index (χ0v) is 21.4. The lowest BCUT2D eigenvalue weighted by Crippen LogP contribution is -2.28. The Labute approximate surface area is 211 Å². The van der Waals surface area contributed by atoms with E-state index in [4.69, 9.17) is 12.2 Å². The molecule has 0 bridgehead atoms. The van der Waals surface area contributed by atoms with Crippen molar-refractivity contribution < 1.29 is 0 Å². The number of hydrogen-bond acceptors (Lipinski definition) is 3. The van der Waals surface area contributed by atoms with Crippen LogP contribution in [-0.2, 0) is 0 Å². The first-order valence-corrected chi connectivity index (χ1v) is 12.8. The molecular weight excluding hydrogens is 436 g/mol. The van der Waals surface area contributed by atoms with Crippen molar-refractivity contribution in [2.45, 2.75) is 65.2 Å². The van der Waals surface area contributed by atoms with Crippen molar-refractivity contribution >= 4 is 41.9 Å². The normalized spacial score (nSPS) is 12.4. The number of hydrogen-bond donors (Lipinski definition) is 2. The average molecular weight is 475 g/mol. The van der Waals surface area contributed by atoms with Crippen LogP contribution in [0.5, 0.6) is 0 Å². The summed E-state index contributed by atoms with van der Waals surface area (Å²) in [5.74, 6) is 0. The second-order valence-electron chi connectivity index (χ2n) is 8.24. The van der Waals surface area contributed by atoms with Crippen molar-refractivity contribution in [3.8, 4) is 0 Å². The highest BCUT2D eigenvalue weighted by molar-refractivity contribution is 7.80. The number of unbranched alkanes of at least 4 members (excludes halogenated alkanes) is 4. The van der Waals surface area contributed by atoms with Gasteiger partial charge >= 0.3 is 0 Å². The highest BCUT2D eigenvalue weighted by atomic mass is 32.1. The summed E-state index contributed by atoms with van der Waals surface area (Å²) >= 11 is 5.34. The lowest BCUT2D eigenvalue weighted by atomic mass is 10.1. The molecule has 0 fully saturated rings. The van der Waals surface area contributed by atoms with Gasteiger partial charge in [-0.25, -0.2) is 0 Å². The van der Waals surface area contributed by atoms with Crippen molar-refractivity contribution in [2.75, 3.05) is 0 Å². The Morgan fingerprint density at radius 2 is 1.09 bits per heavy atom. The summed E-state index contributed by atoms with van der Waals surface area (Å²) in [5, 5.41) is 9.04. The summed E-state index contributed by atoms with van der Waals surface area (Å²) in [4.78, 5) is 0. The first kappa shape index (κ1) is 27.2. The third-order valence-electron chi connectivity index (χ3n) is 5.23. The Hall–Kier alpha value is -3.05. The standard InChI is InChI=1S/C29H38N4S/c1-3-5-9-19-27(21-25-15-11-7-12-16-25)23-30-32-29(34)33-31-24-28(20-10-6-4-2)22-26-17-13-8-14-18-26/h7-8,11-18,21-24H,3-6,9-10,19-20H2,1-2H3,(H2,32,33,34)/b27-21+,28-22+,30-23+,31-24+. The van der Waals surface area contributed by atoms with E-state index >= 15 is 0 Å². The molecule has 2 rings (SSSR count). The number of nitrogens with one attached hydrogen (secondary N) is 2. The first-order chi connectivity index (χ1) is 16.7. The van der Waals surface area contributed by atoms with Gasteiger partial charge in [0, 0.05) is 0 Å². The molecular formula is C29H38N4S. The number of rotatable bonds is 14. The zero-order chi connectivity index (χ0) is 24.3. The molecule has 2 N–H and O–H groups in total. The van der Waals surface area contributed by atoms with Crippen LogP contribution in [0.15, 0.2) is 82.0 Å². The quantitative estimate of drug-likeness (QED) is 0.127. The second-order valence-corrected chi connectivity index (χ2v) is 8.65. The van der Waals surface area contributed by atoms with Crippen LogP contribution in [0, 0.1) is 0 Å². The Kier molecular flexibility index (Phi) is 13.9. The Bertz CT molecular complexity index is 869. The summed E-state index contributed by atoms with van der Waals surface area (Å²) in [6, 6.07) is 20.6. The fourth-order valence-electron chi connectivity index (χ4n) is 3.41. The van der Waals surface area contributed by atoms with Crippen molar-refractivity contribution in [2.24, 2.45) is 10.2 Å². The molecule has 0 aliphatic carbocycles. The maximum Gasteiger partial charge on any atom is 0.207 e. The fourth-order valence-corrected chi connectivity index (χ4v) is 3.51. The largest absolute Gasteiger partial charge is 0.252 e. The minimum absolute atomic E-state index is 0.368. The molecule has 4 nitrogen and oxygen atoms in total. The van der Waals surface area contributed by atoms with E-state index in [0.717, 1.165) is 25.7 Å². The highest BCUT2D eigenvalue weighted by Crippen LogP contribution is 2.13. The third-order valence-corrected chi connectivity index (χ3v) is 5.42. The topological polar surface area (TPSA) is 48.8 Å². The third kappa shape index (κ3) is 12.3. The monoisotopic (exact) mass is 474 g/mol. The molecule has 0 unspecified atom stereocenters. The van der Waals surface area contributed by atoms with Gasteiger partial charge in [-0.15, -0.1) is 0 Å². The predicted octanol–water partition coefficient (Wildman–Crippen LogP) is 7.75. The van der Waals surface area contributed by atoms with Crippen LogP contribution in [-0.4, -0.2) is 17.5 Å². The van der Waals surface area contributed by atoms with Gasteiger partial charge in [-0.05, 0) is 60.2 Å². The lowest BCUT2D eigenvalue weighted by Gasteiger charge is -2.05. The van der Waals surface area contributed by atoms with E-state index in [0.29, 0.717) is 5.11 Å². The number of allylic oxidation sites excluding steroid dienone is 2. The van der Waals surface area contributed by atoms with Gasteiger partial charge in [0.15, 0.2) is 0 Å². The summed E-state index contributed by atoms with van der Waals surface area (Å²) in [6.07, 6.45) is 17.1. The van der Waals surface area contributed by atoms with Crippen molar-refractivity contribution in [1.29, 1.82) is 0 Å². The minimum atomic E-state index is 0.368. The first-order valence-electron chi connectivity index (χ1n) is 12.3. The molecule has 0 heterocycles. The molecule has 5 heteroatoms. The van der Waals surface area contributed by atoms with Crippen LogP contribution in [0.2, 0.25) is 0 Å². The summed E-state index contributed by atoms with van der Waals surface area (Å²) in [5.41, 5.74) is 10.4. The van der Waals surface area contributed by atoms with E-state index in [1.807, 2.05) is 48.8 Å². The molecule has 0 atom stereocenters. The molecule has 0 aliphatic rings. The lowest BCUT2D eigenvalue weighted by molar-refractivity contribution is 0.724. The molecule has 0 amide bonds. The van der Waals surface area contributed by atoms with E-state index < -0.39 is 0 Å². The Morgan fingerprint density at radius 1 is 0.676 bits per heavy atom. The number of benzene rings is 2. The summed E-state index contributed by atoms with van der Waals surface area (Å²) in [6.45, 7) is 4.43. The molecule has 2 aromatic carbocycles. The molecule has 2 aromatic rings. The van der Waals surface area contributed by atoms with Gasteiger partial charge in [-0.2, -0.15) is 10.2 Å². The van der Waals surface area contributed by atoms with Crippen LogP contribution >= 0.6 is 12.2 Å².